The number of ketones is 1. The third-order valence-electron chi connectivity index (χ3n) is 3.40. The van der Waals surface area contributed by atoms with Crippen LogP contribution < -0.4 is 5.32 Å². The predicted octanol–water partition coefficient (Wildman–Crippen LogP) is 2.28. The molecule has 2 heterocycles. The molecule has 1 aliphatic carbocycles. The van der Waals surface area contributed by atoms with E-state index in [1.165, 1.54) is 11.3 Å². The van der Waals surface area contributed by atoms with Crippen molar-refractivity contribution in [2.75, 3.05) is 5.32 Å². The normalized spacial score (nSPS) is 16.6. The number of aromatic nitrogens is 3. The molecule has 0 fully saturated rings. The van der Waals surface area contributed by atoms with Gasteiger partial charge >= 0.3 is 0 Å². The number of thiazole rings is 1. The number of carbonyl (C=O) groups excluding carboxylic acids is 2. The number of amides is 1. The minimum atomic E-state index is -0.312. The molecule has 1 N–H and O–H groups in total. The van der Waals surface area contributed by atoms with Crippen molar-refractivity contribution < 1.29 is 9.59 Å². The zero-order valence-corrected chi connectivity index (χ0v) is 13.0. The Morgan fingerprint density at radius 3 is 2.86 bits per heavy atom. The monoisotopic (exact) mass is 304 g/mol. The molecule has 1 aliphatic rings. The summed E-state index contributed by atoms with van der Waals surface area (Å²) in [5.74, 6) is -0.203. The Bertz CT molecular complexity index is 729. The van der Waals surface area contributed by atoms with E-state index in [0.717, 1.165) is 12.1 Å². The molecule has 0 saturated heterocycles. The Morgan fingerprint density at radius 1 is 1.43 bits per heavy atom. The van der Waals surface area contributed by atoms with Crippen molar-refractivity contribution in [2.24, 2.45) is 12.5 Å². The minimum absolute atomic E-state index is 0.0690. The first-order valence-electron chi connectivity index (χ1n) is 6.68. The molecule has 21 heavy (non-hydrogen) atoms. The fraction of sp³-hybridized carbons (Fsp3) is 0.429. The summed E-state index contributed by atoms with van der Waals surface area (Å²) < 4.78 is 1.56. The highest BCUT2D eigenvalue weighted by Crippen LogP contribution is 2.38. The van der Waals surface area contributed by atoms with Gasteiger partial charge in [-0.2, -0.15) is 5.10 Å². The third kappa shape index (κ3) is 2.73. The lowest BCUT2D eigenvalue weighted by atomic mass is 9.78. The second-order valence-corrected chi connectivity index (χ2v) is 7.06. The zero-order chi connectivity index (χ0) is 15.2. The molecular weight excluding hydrogens is 288 g/mol. The molecule has 0 unspecified atom stereocenters. The quantitative estimate of drug-likeness (QED) is 0.923. The second kappa shape index (κ2) is 4.77. The van der Waals surface area contributed by atoms with E-state index < -0.39 is 0 Å². The van der Waals surface area contributed by atoms with Crippen LogP contribution in [0.5, 0.6) is 0 Å². The molecular formula is C14H16N4O2S. The Balaban J connectivity index is 1.82. The smallest absolute Gasteiger partial charge is 0.277 e. The summed E-state index contributed by atoms with van der Waals surface area (Å²) in [6, 6.07) is 1.64. The van der Waals surface area contributed by atoms with Crippen LogP contribution in [0.15, 0.2) is 12.3 Å². The van der Waals surface area contributed by atoms with Gasteiger partial charge in [-0.05, 0) is 17.9 Å². The summed E-state index contributed by atoms with van der Waals surface area (Å²) >= 11 is 1.25. The Labute approximate surface area is 126 Å². The van der Waals surface area contributed by atoms with E-state index in [1.807, 2.05) is 0 Å². The number of hydrogen-bond donors (Lipinski definition) is 1. The maximum atomic E-state index is 12.1. The molecule has 0 aromatic carbocycles. The number of Topliss-reactive ketones (excluding diaryl/α,β-unsaturated/α-hetero) is 1. The van der Waals surface area contributed by atoms with Crippen molar-refractivity contribution in [3.8, 4) is 0 Å². The summed E-state index contributed by atoms with van der Waals surface area (Å²) in [5, 5.41) is 7.22. The number of nitrogens with zero attached hydrogens (tertiary/aromatic N) is 3. The van der Waals surface area contributed by atoms with E-state index in [4.69, 9.17) is 0 Å². The van der Waals surface area contributed by atoms with E-state index in [-0.39, 0.29) is 17.1 Å². The highest BCUT2D eigenvalue weighted by Gasteiger charge is 2.34. The van der Waals surface area contributed by atoms with Gasteiger partial charge < -0.3 is 0 Å². The van der Waals surface area contributed by atoms with Crippen molar-refractivity contribution in [1.29, 1.82) is 0 Å². The first kappa shape index (κ1) is 13.9. The van der Waals surface area contributed by atoms with Gasteiger partial charge in [0, 0.05) is 19.7 Å². The van der Waals surface area contributed by atoms with Gasteiger partial charge in [0.25, 0.3) is 5.91 Å². The van der Waals surface area contributed by atoms with Gasteiger partial charge in [0.2, 0.25) is 0 Å². The van der Waals surface area contributed by atoms with Gasteiger partial charge in [-0.15, -0.1) is 0 Å². The largest absolute Gasteiger partial charge is 0.296 e. The zero-order valence-electron chi connectivity index (χ0n) is 12.1. The molecule has 110 valence electrons. The summed E-state index contributed by atoms with van der Waals surface area (Å²) in [7, 11) is 1.75. The van der Waals surface area contributed by atoms with Crippen LogP contribution in [0.1, 0.15) is 46.1 Å². The van der Waals surface area contributed by atoms with Gasteiger partial charge in [0.05, 0.1) is 10.6 Å². The molecule has 0 atom stereocenters. The molecule has 3 rings (SSSR count). The van der Waals surface area contributed by atoms with Gasteiger partial charge in [0.1, 0.15) is 0 Å². The van der Waals surface area contributed by atoms with Crippen molar-refractivity contribution >= 4 is 28.2 Å². The lowest BCUT2D eigenvalue weighted by Crippen LogP contribution is -2.26. The van der Waals surface area contributed by atoms with Crippen LogP contribution in [-0.4, -0.2) is 26.5 Å². The number of hydrogen-bond acceptors (Lipinski definition) is 5. The molecule has 7 heteroatoms. The predicted molar refractivity (Wildman–Crippen MR) is 79.7 cm³/mol. The van der Waals surface area contributed by atoms with Crippen LogP contribution in [0.3, 0.4) is 0 Å². The number of anilines is 1. The fourth-order valence-corrected chi connectivity index (χ4v) is 3.39. The number of carbonyl (C=O) groups is 2. The van der Waals surface area contributed by atoms with Crippen molar-refractivity contribution in [3.63, 3.8) is 0 Å². The number of nitrogens with one attached hydrogen (secondary N) is 1. The van der Waals surface area contributed by atoms with Crippen molar-refractivity contribution in [3.05, 3.63) is 28.5 Å². The topological polar surface area (TPSA) is 76.9 Å². The molecule has 0 aliphatic heterocycles. The fourth-order valence-electron chi connectivity index (χ4n) is 2.47. The van der Waals surface area contributed by atoms with Crippen LogP contribution in [0.25, 0.3) is 0 Å². The van der Waals surface area contributed by atoms with Crippen molar-refractivity contribution in [1.82, 2.24) is 14.8 Å². The summed E-state index contributed by atoms with van der Waals surface area (Å²) in [4.78, 5) is 29.2. The number of fused-ring (bicyclic) bond motifs is 1. The van der Waals surface area contributed by atoms with E-state index in [2.05, 4.69) is 29.2 Å². The van der Waals surface area contributed by atoms with Crippen molar-refractivity contribution in [2.45, 2.75) is 26.7 Å². The molecule has 1 amide bonds. The maximum absolute atomic E-state index is 12.1. The Morgan fingerprint density at radius 2 is 2.19 bits per heavy atom. The van der Waals surface area contributed by atoms with E-state index in [9.17, 15) is 9.59 Å². The molecule has 0 spiro atoms. The molecule has 2 aromatic heterocycles. The van der Waals surface area contributed by atoms with Crippen LogP contribution in [0, 0.1) is 5.41 Å². The first-order chi connectivity index (χ1) is 9.84. The Kier molecular flexibility index (Phi) is 3.16. The molecule has 0 radical (unpaired) electrons. The molecule has 0 bridgehead atoms. The van der Waals surface area contributed by atoms with Crippen LogP contribution in [-0.2, 0) is 13.5 Å². The second-order valence-electron chi connectivity index (χ2n) is 6.06. The van der Waals surface area contributed by atoms with Crippen LogP contribution >= 0.6 is 11.3 Å². The average molecular weight is 304 g/mol. The number of rotatable bonds is 2. The van der Waals surface area contributed by atoms with E-state index >= 15 is 0 Å². The maximum Gasteiger partial charge on any atom is 0.277 e. The number of aryl methyl sites for hydroxylation is 1. The molecule has 2 aromatic rings. The lowest BCUT2D eigenvalue weighted by molar-refractivity contribution is 0.0915. The first-order valence-corrected chi connectivity index (χ1v) is 7.50. The SMILES string of the molecule is Cn1ccc(C(=O)Nc2nc3c(s2)C(=O)CC(C)(C)C3)n1. The Hall–Kier alpha value is -2.02. The van der Waals surface area contributed by atoms with Gasteiger partial charge in [-0.25, -0.2) is 4.98 Å². The lowest BCUT2D eigenvalue weighted by Gasteiger charge is -2.26. The van der Waals surface area contributed by atoms with E-state index in [1.54, 1.807) is 24.0 Å². The van der Waals surface area contributed by atoms with Gasteiger partial charge in [0.15, 0.2) is 16.6 Å². The minimum Gasteiger partial charge on any atom is -0.296 e. The highest BCUT2D eigenvalue weighted by molar-refractivity contribution is 7.17. The highest BCUT2D eigenvalue weighted by atomic mass is 32.1. The third-order valence-corrected chi connectivity index (χ3v) is 4.46. The molecule has 0 saturated carbocycles. The summed E-state index contributed by atoms with van der Waals surface area (Å²) in [5.41, 5.74) is 1.05. The summed E-state index contributed by atoms with van der Waals surface area (Å²) in [6.45, 7) is 4.11. The van der Waals surface area contributed by atoms with Crippen LogP contribution in [0.2, 0.25) is 0 Å². The van der Waals surface area contributed by atoms with Crippen LogP contribution in [0.4, 0.5) is 5.13 Å². The van der Waals surface area contributed by atoms with Gasteiger partial charge in [-0.1, -0.05) is 25.2 Å². The standard InChI is InChI=1S/C14H16N4O2S/c1-14(2)6-9-11(10(19)7-14)21-13(15-9)16-12(20)8-4-5-18(3)17-8/h4-5H,6-7H2,1-3H3,(H,15,16,20). The summed E-state index contributed by atoms with van der Waals surface area (Å²) in [6.07, 6.45) is 2.98. The average Bonchev–Trinajstić information content (AvgIpc) is 2.94. The van der Waals surface area contributed by atoms with E-state index in [0.29, 0.717) is 22.1 Å². The molecule has 6 nitrogen and oxygen atoms in total. The van der Waals surface area contributed by atoms with Gasteiger partial charge in [-0.3, -0.25) is 19.6 Å².